The number of hydrogen-bond donors (Lipinski definition) is 0. The van der Waals surface area contributed by atoms with Crippen molar-refractivity contribution in [2.75, 3.05) is 0 Å². The average molecular weight is 252 g/mol. The van der Waals surface area contributed by atoms with E-state index in [9.17, 15) is 0 Å². The Hall–Kier alpha value is -1.56. The normalized spacial score (nSPS) is 11.0. The number of rotatable bonds is 4. The van der Waals surface area contributed by atoms with Crippen LogP contribution in [0.4, 0.5) is 0 Å². The molecule has 19 heavy (non-hydrogen) atoms. The van der Waals surface area contributed by atoms with Gasteiger partial charge < -0.3 is 0 Å². The van der Waals surface area contributed by atoms with Gasteiger partial charge in [0.1, 0.15) is 0 Å². The summed E-state index contributed by atoms with van der Waals surface area (Å²) in [5.74, 6) is 0.599. The molecule has 0 heteroatoms. The predicted octanol–water partition coefficient (Wildman–Crippen LogP) is 5.60. The lowest BCUT2D eigenvalue weighted by Gasteiger charge is -2.10. The third-order valence-corrected chi connectivity index (χ3v) is 3.78. The third-order valence-electron chi connectivity index (χ3n) is 3.78. The SMILES string of the molecule is CCc1cc(CC)cc(-c2ccc(C(C)C)cc2)c1. The Morgan fingerprint density at radius 2 is 1.26 bits per heavy atom. The molecule has 0 spiro atoms. The highest BCUT2D eigenvalue weighted by atomic mass is 14.1. The van der Waals surface area contributed by atoms with E-state index >= 15 is 0 Å². The van der Waals surface area contributed by atoms with E-state index < -0.39 is 0 Å². The minimum Gasteiger partial charge on any atom is -0.0613 e. The smallest absolute Gasteiger partial charge is 0.0179 e. The first kappa shape index (κ1) is 13.9. The average Bonchev–Trinajstić information content (AvgIpc) is 2.46. The second kappa shape index (κ2) is 6.06. The molecule has 0 radical (unpaired) electrons. The summed E-state index contributed by atoms with van der Waals surface area (Å²) in [7, 11) is 0. The number of benzene rings is 2. The van der Waals surface area contributed by atoms with Gasteiger partial charge in [0.15, 0.2) is 0 Å². The van der Waals surface area contributed by atoms with E-state index in [1.807, 2.05) is 0 Å². The second-order valence-corrected chi connectivity index (χ2v) is 5.52. The van der Waals surface area contributed by atoms with Crippen molar-refractivity contribution in [1.29, 1.82) is 0 Å². The Morgan fingerprint density at radius 1 is 0.737 bits per heavy atom. The number of hydrogen-bond acceptors (Lipinski definition) is 0. The molecule has 2 rings (SSSR count). The molecule has 0 N–H and O–H groups in total. The zero-order valence-electron chi connectivity index (χ0n) is 12.5. The van der Waals surface area contributed by atoms with Crippen LogP contribution >= 0.6 is 0 Å². The Kier molecular flexibility index (Phi) is 4.42. The van der Waals surface area contributed by atoms with Gasteiger partial charge in [0.25, 0.3) is 0 Å². The van der Waals surface area contributed by atoms with E-state index in [1.54, 1.807) is 0 Å². The summed E-state index contributed by atoms with van der Waals surface area (Å²) in [6, 6.07) is 16.0. The molecule has 100 valence electrons. The summed E-state index contributed by atoms with van der Waals surface area (Å²) in [5.41, 5.74) is 6.96. The van der Waals surface area contributed by atoms with Gasteiger partial charge in [-0.1, -0.05) is 70.2 Å². The van der Waals surface area contributed by atoms with Gasteiger partial charge in [0.2, 0.25) is 0 Å². The standard InChI is InChI=1S/C19H24/c1-5-15-11-16(6-2)13-19(12-15)18-9-7-17(8-10-18)14(3)4/h7-14H,5-6H2,1-4H3. The molecule has 2 aromatic carbocycles. The molecule has 0 heterocycles. The van der Waals surface area contributed by atoms with E-state index in [0.717, 1.165) is 12.8 Å². The van der Waals surface area contributed by atoms with Crippen LogP contribution in [0.15, 0.2) is 42.5 Å². The fourth-order valence-electron chi connectivity index (χ4n) is 2.40. The van der Waals surface area contributed by atoms with Crippen molar-refractivity contribution >= 4 is 0 Å². The second-order valence-electron chi connectivity index (χ2n) is 5.52. The summed E-state index contributed by atoms with van der Waals surface area (Å²) in [4.78, 5) is 0. The molecule has 0 nitrogen and oxygen atoms in total. The lowest BCUT2D eigenvalue weighted by Crippen LogP contribution is -1.90. The maximum absolute atomic E-state index is 2.33. The van der Waals surface area contributed by atoms with Crippen LogP contribution in [0, 0.1) is 0 Å². The van der Waals surface area contributed by atoms with Crippen LogP contribution < -0.4 is 0 Å². The molecule has 0 atom stereocenters. The molecule has 0 aliphatic heterocycles. The van der Waals surface area contributed by atoms with Crippen LogP contribution in [0.5, 0.6) is 0 Å². The summed E-state index contributed by atoms with van der Waals surface area (Å²) in [6.45, 7) is 8.92. The van der Waals surface area contributed by atoms with Gasteiger partial charge >= 0.3 is 0 Å². The summed E-state index contributed by atoms with van der Waals surface area (Å²) >= 11 is 0. The van der Waals surface area contributed by atoms with Crippen LogP contribution in [0.25, 0.3) is 11.1 Å². The van der Waals surface area contributed by atoms with Gasteiger partial charge in [0.05, 0.1) is 0 Å². The largest absolute Gasteiger partial charge is 0.0613 e. The lowest BCUT2D eigenvalue weighted by molar-refractivity contribution is 0.867. The molecule has 0 bridgehead atoms. The van der Waals surface area contributed by atoms with Crippen molar-refractivity contribution in [3.63, 3.8) is 0 Å². The fourth-order valence-corrected chi connectivity index (χ4v) is 2.40. The minimum atomic E-state index is 0.599. The van der Waals surface area contributed by atoms with E-state index in [1.165, 1.54) is 27.8 Å². The monoisotopic (exact) mass is 252 g/mol. The Bertz CT molecular complexity index is 510. The predicted molar refractivity (Wildman–Crippen MR) is 84.7 cm³/mol. The number of aryl methyl sites for hydroxylation is 2. The van der Waals surface area contributed by atoms with Crippen molar-refractivity contribution in [3.05, 3.63) is 59.2 Å². The molecule has 0 aromatic heterocycles. The Morgan fingerprint density at radius 3 is 1.68 bits per heavy atom. The molecule has 0 aliphatic carbocycles. The highest BCUT2D eigenvalue weighted by Gasteiger charge is 2.03. The summed E-state index contributed by atoms with van der Waals surface area (Å²) in [5, 5.41) is 0. The molecular weight excluding hydrogens is 228 g/mol. The first-order valence-corrected chi connectivity index (χ1v) is 7.37. The van der Waals surface area contributed by atoms with E-state index in [2.05, 4.69) is 70.2 Å². The van der Waals surface area contributed by atoms with Gasteiger partial charge in [-0.25, -0.2) is 0 Å². The van der Waals surface area contributed by atoms with Gasteiger partial charge in [-0.2, -0.15) is 0 Å². The minimum absolute atomic E-state index is 0.599. The molecule has 0 saturated heterocycles. The van der Waals surface area contributed by atoms with Gasteiger partial charge in [0, 0.05) is 0 Å². The molecule has 0 aliphatic rings. The molecule has 2 aromatic rings. The lowest BCUT2D eigenvalue weighted by atomic mass is 9.95. The summed E-state index contributed by atoms with van der Waals surface area (Å²) < 4.78 is 0. The molecule has 0 amide bonds. The van der Waals surface area contributed by atoms with Crippen LogP contribution in [-0.2, 0) is 12.8 Å². The van der Waals surface area contributed by atoms with E-state index in [-0.39, 0.29) is 0 Å². The molecule has 0 saturated carbocycles. The van der Waals surface area contributed by atoms with Crippen molar-refractivity contribution in [1.82, 2.24) is 0 Å². The van der Waals surface area contributed by atoms with Crippen molar-refractivity contribution in [3.8, 4) is 11.1 Å². The van der Waals surface area contributed by atoms with Crippen LogP contribution in [-0.4, -0.2) is 0 Å². The van der Waals surface area contributed by atoms with Crippen LogP contribution in [0.3, 0.4) is 0 Å². The highest BCUT2D eigenvalue weighted by molar-refractivity contribution is 5.65. The molecule has 0 fully saturated rings. The Labute approximate surface area is 117 Å². The zero-order chi connectivity index (χ0) is 13.8. The quantitative estimate of drug-likeness (QED) is 0.664. The van der Waals surface area contributed by atoms with Gasteiger partial charge in [-0.3, -0.25) is 0 Å². The van der Waals surface area contributed by atoms with Crippen molar-refractivity contribution in [2.24, 2.45) is 0 Å². The van der Waals surface area contributed by atoms with Gasteiger partial charge in [-0.15, -0.1) is 0 Å². The summed E-state index contributed by atoms with van der Waals surface area (Å²) in [6.07, 6.45) is 2.20. The first-order chi connectivity index (χ1) is 9.13. The maximum Gasteiger partial charge on any atom is -0.0179 e. The van der Waals surface area contributed by atoms with E-state index in [4.69, 9.17) is 0 Å². The van der Waals surface area contributed by atoms with Crippen LogP contribution in [0.1, 0.15) is 50.3 Å². The molecule has 0 unspecified atom stereocenters. The van der Waals surface area contributed by atoms with E-state index in [0.29, 0.717) is 5.92 Å². The van der Waals surface area contributed by atoms with Crippen molar-refractivity contribution in [2.45, 2.75) is 46.5 Å². The van der Waals surface area contributed by atoms with Crippen LogP contribution in [0.2, 0.25) is 0 Å². The fraction of sp³-hybridized carbons (Fsp3) is 0.368. The topological polar surface area (TPSA) is 0 Å². The van der Waals surface area contributed by atoms with Gasteiger partial charge in [-0.05, 0) is 46.6 Å². The zero-order valence-corrected chi connectivity index (χ0v) is 12.5. The maximum atomic E-state index is 2.33. The molecular formula is C19H24. The first-order valence-electron chi connectivity index (χ1n) is 7.37. The van der Waals surface area contributed by atoms with Crippen molar-refractivity contribution < 1.29 is 0 Å². The third kappa shape index (κ3) is 3.26. The Balaban J connectivity index is 2.40. The highest BCUT2D eigenvalue weighted by Crippen LogP contribution is 2.25.